The first-order chi connectivity index (χ1) is 14.4. The molecule has 0 aromatic heterocycles. The van der Waals surface area contributed by atoms with Crippen LogP contribution in [0.2, 0.25) is 0 Å². The van der Waals surface area contributed by atoms with E-state index < -0.39 is 12.3 Å². The molecule has 1 aliphatic heterocycles. The standard InChI is InChI=1S/C14H16O5.C8H8O3/c1-10-7-12(19-13(10)15)9-18-14(16)17-8-11-5-3-2-4-6-11;9-8(10)11-6-7-4-2-1-3-5-7/h2-6,10,12H,7-9H2,1H3;1-5H,6H2,(H,9,10). The van der Waals surface area contributed by atoms with Crippen LogP contribution in [-0.2, 0) is 37.0 Å². The van der Waals surface area contributed by atoms with Crippen LogP contribution in [0.4, 0.5) is 9.59 Å². The molecule has 1 saturated heterocycles. The van der Waals surface area contributed by atoms with E-state index >= 15 is 0 Å². The summed E-state index contributed by atoms with van der Waals surface area (Å²) in [5.74, 6) is -0.375. The fourth-order valence-corrected chi connectivity index (χ4v) is 2.56. The lowest BCUT2D eigenvalue weighted by Crippen LogP contribution is -2.19. The second kappa shape index (κ2) is 12.1. The Bertz CT molecular complexity index is 806. The molecule has 0 amide bonds. The summed E-state index contributed by atoms with van der Waals surface area (Å²) in [6, 6.07) is 18.5. The van der Waals surface area contributed by atoms with Gasteiger partial charge < -0.3 is 24.1 Å². The summed E-state index contributed by atoms with van der Waals surface area (Å²) in [5, 5.41) is 8.15. The lowest BCUT2D eigenvalue weighted by molar-refractivity contribution is -0.145. The average Bonchev–Trinajstić information content (AvgIpc) is 3.08. The highest BCUT2D eigenvalue weighted by molar-refractivity contribution is 5.74. The van der Waals surface area contributed by atoms with E-state index in [9.17, 15) is 14.4 Å². The molecule has 0 bridgehead atoms. The third-order valence-electron chi connectivity index (χ3n) is 4.09. The predicted octanol–water partition coefficient (Wildman–Crippen LogP) is 4.17. The Balaban J connectivity index is 0.000000248. The van der Waals surface area contributed by atoms with Gasteiger partial charge in [-0.05, 0) is 11.1 Å². The van der Waals surface area contributed by atoms with Crippen molar-refractivity contribution in [3.8, 4) is 0 Å². The molecule has 8 nitrogen and oxygen atoms in total. The van der Waals surface area contributed by atoms with Crippen LogP contribution in [0.3, 0.4) is 0 Å². The summed E-state index contributed by atoms with van der Waals surface area (Å²) in [7, 11) is 0. The molecule has 3 rings (SSSR count). The van der Waals surface area contributed by atoms with E-state index in [1.165, 1.54) is 0 Å². The maximum Gasteiger partial charge on any atom is 0.508 e. The number of carbonyl (C=O) groups is 3. The van der Waals surface area contributed by atoms with Gasteiger partial charge in [-0.2, -0.15) is 0 Å². The first-order valence-electron chi connectivity index (χ1n) is 9.37. The highest BCUT2D eigenvalue weighted by Crippen LogP contribution is 2.20. The fourth-order valence-electron chi connectivity index (χ4n) is 2.56. The molecule has 2 atom stereocenters. The zero-order valence-corrected chi connectivity index (χ0v) is 16.6. The van der Waals surface area contributed by atoms with Gasteiger partial charge in [0, 0.05) is 6.42 Å². The molecule has 1 aliphatic rings. The number of ether oxygens (including phenoxy) is 4. The Morgan fingerprint density at radius 1 is 0.933 bits per heavy atom. The summed E-state index contributed by atoms with van der Waals surface area (Å²) >= 11 is 0. The molecule has 0 spiro atoms. The van der Waals surface area contributed by atoms with Crippen molar-refractivity contribution in [2.24, 2.45) is 5.92 Å². The maximum atomic E-state index is 11.4. The topological polar surface area (TPSA) is 108 Å². The Kier molecular flexibility index (Phi) is 9.18. The molecule has 2 aromatic rings. The van der Waals surface area contributed by atoms with E-state index in [1.807, 2.05) is 60.7 Å². The van der Waals surface area contributed by atoms with E-state index in [-0.39, 0.29) is 37.8 Å². The molecular formula is C22H24O8. The summed E-state index contributed by atoms with van der Waals surface area (Å²) in [5.41, 5.74) is 1.75. The summed E-state index contributed by atoms with van der Waals surface area (Å²) in [6.07, 6.45) is -1.77. The molecule has 160 valence electrons. The van der Waals surface area contributed by atoms with E-state index in [0.717, 1.165) is 11.1 Å². The van der Waals surface area contributed by atoms with Gasteiger partial charge in [-0.15, -0.1) is 0 Å². The number of hydrogen-bond acceptors (Lipinski definition) is 7. The lowest BCUT2D eigenvalue weighted by Gasteiger charge is -2.10. The van der Waals surface area contributed by atoms with Crippen molar-refractivity contribution in [2.45, 2.75) is 32.7 Å². The number of carboxylic acid groups (broad SMARTS) is 1. The maximum absolute atomic E-state index is 11.4. The second-order valence-electron chi connectivity index (χ2n) is 6.57. The fraction of sp³-hybridized carbons (Fsp3) is 0.318. The highest BCUT2D eigenvalue weighted by Gasteiger charge is 2.31. The van der Waals surface area contributed by atoms with Crippen molar-refractivity contribution < 1.29 is 38.4 Å². The molecular weight excluding hydrogens is 392 g/mol. The summed E-state index contributed by atoms with van der Waals surface area (Å²) in [4.78, 5) is 32.4. The quantitative estimate of drug-likeness (QED) is 0.552. The number of benzene rings is 2. The summed E-state index contributed by atoms with van der Waals surface area (Å²) < 4.78 is 19.2. The van der Waals surface area contributed by atoms with Gasteiger partial charge in [-0.3, -0.25) is 4.79 Å². The molecule has 0 saturated carbocycles. The minimum absolute atomic E-state index is 0.0453. The van der Waals surface area contributed by atoms with Crippen LogP contribution in [0.25, 0.3) is 0 Å². The third kappa shape index (κ3) is 8.64. The largest absolute Gasteiger partial charge is 0.508 e. The molecule has 1 heterocycles. The minimum Gasteiger partial charge on any atom is -0.458 e. The number of rotatable bonds is 6. The smallest absolute Gasteiger partial charge is 0.458 e. The zero-order chi connectivity index (χ0) is 21.8. The van der Waals surface area contributed by atoms with Crippen molar-refractivity contribution in [2.75, 3.05) is 6.61 Å². The van der Waals surface area contributed by atoms with Crippen molar-refractivity contribution >= 4 is 18.3 Å². The second-order valence-corrected chi connectivity index (χ2v) is 6.57. The number of hydrogen-bond donors (Lipinski definition) is 1. The van der Waals surface area contributed by atoms with Crippen LogP contribution in [0.5, 0.6) is 0 Å². The van der Waals surface area contributed by atoms with Crippen LogP contribution in [0, 0.1) is 5.92 Å². The van der Waals surface area contributed by atoms with Crippen molar-refractivity contribution in [1.82, 2.24) is 0 Å². The van der Waals surface area contributed by atoms with Gasteiger partial charge in [-0.1, -0.05) is 67.6 Å². The van der Waals surface area contributed by atoms with Gasteiger partial charge in [0.25, 0.3) is 0 Å². The molecule has 0 aliphatic carbocycles. The van der Waals surface area contributed by atoms with Crippen molar-refractivity contribution in [3.05, 3.63) is 71.8 Å². The molecule has 8 heteroatoms. The Labute approximate surface area is 174 Å². The van der Waals surface area contributed by atoms with E-state index in [1.54, 1.807) is 6.92 Å². The normalized spacial score (nSPS) is 17.2. The Morgan fingerprint density at radius 2 is 1.47 bits per heavy atom. The van der Waals surface area contributed by atoms with Gasteiger partial charge in [0.1, 0.15) is 25.9 Å². The molecule has 1 N–H and O–H groups in total. The van der Waals surface area contributed by atoms with Crippen LogP contribution in [0.15, 0.2) is 60.7 Å². The van der Waals surface area contributed by atoms with Gasteiger partial charge in [0.2, 0.25) is 0 Å². The van der Waals surface area contributed by atoms with E-state index in [0.29, 0.717) is 6.42 Å². The Morgan fingerprint density at radius 3 is 1.93 bits per heavy atom. The van der Waals surface area contributed by atoms with E-state index in [4.69, 9.17) is 19.3 Å². The summed E-state index contributed by atoms with van der Waals surface area (Å²) in [6.45, 7) is 2.12. The van der Waals surface area contributed by atoms with Crippen molar-refractivity contribution in [1.29, 1.82) is 0 Å². The highest BCUT2D eigenvalue weighted by atomic mass is 16.7. The SMILES string of the molecule is CC1CC(COC(=O)OCc2ccccc2)OC1=O.O=C(O)OCc1ccccc1. The van der Waals surface area contributed by atoms with Crippen LogP contribution in [-0.4, -0.2) is 36.1 Å². The average molecular weight is 416 g/mol. The minimum atomic E-state index is -1.24. The van der Waals surface area contributed by atoms with Gasteiger partial charge in [0.05, 0.1) is 5.92 Å². The molecule has 1 fully saturated rings. The van der Waals surface area contributed by atoms with E-state index in [2.05, 4.69) is 4.74 Å². The first kappa shape index (κ1) is 22.7. The van der Waals surface area contributed by atoms with Crippen molar-refractivity contribution in [3.63, 3.8) is 0 Å². The number of esters is 1. The lowest BCUT2D eigenvalue weighted by atomic mass is 10.1. The Hall–Kier alpha value is -3.55. The molecule has 2 unspecified atom stereocenters. The monoisotopic (exact) mass is 416 g/mol. The van der Waals surface area contributed by atoms with Crippen LogP contribution in [0.1, 0.15) is 24.5 Å². The third-order valence-corrected chi connectivity index (χ3v) is 4.09. The van der Waals surface area contributed by atoms with Gasteiger partial charge in [-0.25, -0.2) is 9.59 Å². The number of cyclic esters (lactones) is 1. The van der Waals surface area contributed by atoms with Gasteiger partial charge >= 0.3 is 18.3 Å². The number of carbonyl (C=O) groups excluding carboxylic acids is 2. The zero-order valence-electron chi connectivity index (χ0n) is 16.6. The van der Waals surface area contributed by atoms with Crippen LogP contribution >= 0.6 is 0 Å². The molecule has 2 aromatic carbocycles. The molecule has 30 heavy (non-hydrogen) atoms. The molecule has 0 radical (unpaired) electrons. The van der Waals surface area contributed by atoms with Crippen LogP contribution < -0.4 is 0 Å². The first-order valence-corrected chi connectivity index (χ1v) is 9.37. The van der Waals surface area contributed by atoms with Gasteiger partial charge in [0.15, 0.2) is 0 Å². The predicted molar refractivity (Wildman–Crippen MR) is 105 cm³/mol.